The first kappa shape index (κ1) is 26.4. The standard InChI is InChI=1S/C27H35N5O5/c1-15-20(24(26(35)36)31-23(15)22(16(2)33)25(31)34)14-37-21-10-6-8-18-17(7-5-9-19(18)21)13-32(3,4)12-11-30-27(28)29/h5-10,15-16,22-23,33H,11-14H2,1-4H3,(H4-,28,29,30,35,36)/p+1/t15-,16+,22+,23+/m0/s1. The predicted molar refractivity (Wildman–Crippen MR) is 140 cm³/mol. The summed E-state index contributed by atoms with van der Waals surface area (Å²) in [5, 5.41) is 32.1. The van der Waals surface area contributed by atoms with Gasteiger partial charge < -0.3 is 35.4 Å². The number of carbonyl (C=O) groups excluding carboxylic acids is 1. The molecule has 4 atom stereocenters. The molecule has 6 N–H and O–H groups in total. The van der Waals surface area contributed by atoms with Crippen LogP contribution in [-0.4, -0.2) is 83.4 Å². The minimum absolute atomic E-state index is 0.0291. The molecule has 1 amide bonds. The van der Waals surface area contributed by atoms with Crippen LogP contribution in [0.15, 0.2) is 47.7 Å². The van der Waals surface area contributed by atoms with Crippen LogP contribution in [0.3, 0.4) is 0 Å². The molecule has 2 aromatic rings. The zero-order valence-corrected chi connectivity index (χ0v) is 21.7. The number of aliphatic carboxylic acids is 1. The molecule has 2 heterocycles. The molecule has 10 nitrogen and oxygen atoms in total. The first-order valence-corrected chi connectivity index (χ1v) is 12.4. The number of amides is 1. The van der Waals surface area contributed by atoms with Crippen LogP contribution >= 0.6 is 0 Å². The highest BCUT2D eigenvalue weighted by atomic mass is 16.5. The number of quaternary nitrogens is 1. The van der Waals surface area contributed by atoms with Crippen molar-refractivity contribution in [1.29, 1.82) is 5.41 Å². The quantitative estimate of drug-likeness (QED) is 0.141. The Hall–Kier alpha value is -3.63. The number of nitrogens with two attached hydrogens (primary N) is 1. The maximum Gasteiger partial charge on any atom is 0.352 e. The molecular weight excluding hydrogens is 474 g/mol. The van der Waals surface area contributed by atoms with Crippen LogP contribution in [-0.2, 0) is 16.1 Å². The van der Waals surface area contributed by atoms with Gasteiger partial charge in [-0.3, -0.25) is 10.2 Å². The summed E-state index contributed by atoms with van der Waals surface area (Å²) in [5.41, 5.74) is 7.07. The second-order valence-corrected chi connectivity index (χ2v) is 10.6. The number of guanidine groups is 1. The largest absolute Gasteiger partial charge is 0.488 e. The molecular formula is C27H36N5O5+. The molecule has 2 aliphatic heterocycles. The molecule has 198 valence electrons. The zero-order valence-electron chi connectivity index (χ0n) is 21.7. The van der Waals surface area contributed by atoms with Crippen LogP contribution in [0.1, 0.15) is 19.4 Å². The fourth-order valence-corrected chi connectivity index (χ4v) is 5.63. The smallest absolute Gasteiger partial charge is 0.352 e. The summed E-state index contributed by atoms with van der Waals surface area (Å²) in [6, 6.07) is 11.5. The summed E-state index contributed by atoms with van der Waals surface area (Å²) in [6.07, 6.45) is -0.844. The molecule has 1 fully saturated rings. The SMILES string of the molecule is C[C@@H](O)[C@H]1C(=O)N2C(C(=O)O)=C(COc3cccc4c(C[N+](C)(C)CCNC(=N)N)cccc34)[C@H](C)[C@H]12. The molecule has 0 bridgehead atoms. The van der Waals surface area contributed by atoms with Crippen molar-refractivity contribution in [2.24, 2.45) is 17.6 Å². The zero-order chi connectivity index (χ0) is 27.1. The van der Waals surface area contributed by atoms with E-state index in [1.807, 2.05) is 37.3 Å². The maximum atomic E-state index is 12.6. The molecule has 37 heavy (non-hydrogen) atoms. The Balaban J connectivity index is 1.57. The van der Waals surface area contributed by atoms with E-state index in [4.69, 9.17) is 15.9 Å². The number of nitrogens with one attached hydrogen (secondary N) is 2. The third kappa shape index (κ3) is 4.99. The summed E-state index contributed by atoms with van der Waals surface area (Å²) in [4.78, 5) is 26.0. The molecule has 10 heteroatoms. The summed E-state index contributed by atoms with van der Waals surface area (Å²) >= 11 is 0. The van der Waals surface area contributed by atoms with Crippen molar-refractivity contribution in [1.82, 2.24) is 10.2 Å². The van der Waals surface area contributed by atoms with E-state index in [1.54, 1.807) is 6.92 Å². The number of carbonyl (C=O) groups is 2. The summed E-state index contributed by atoms with van der Waals surface area (Å²) < 4.78 is 6.90. The lowest BCUT2D eigenvalue weighted by molar-refractivity contribution is -0.902. The van der Waals surface area contributed by atoms with Crippen molar-refractivity contribution in [3.8, 4) is 5.75 Å². The number of hydrogen-bond donors (Lipinski definition) is 5. The Kier molecular flexibility index (Phi) is 7.16. The highest BCUT2D eigenvalue weighted by Crippen LogP contribution is 2.47. The number of likely N-dealkylation sites (N-methyl/N-ethyl adjacent to an activating group) is 1. The fraction of sp³-hybridized carbons (Fsp3) is 0.444. The van der Waals surface area contributed by atoms with Crippen LogP contribution in [0.25, 0.3) is 10.8 Å². The number of β-lactam (4-membered cyclic amide) rings is 1. The molecule has 0 aliphatic carbocycles. The van der Waals surface area contributed by atoms with Crippen LogP contribution in [0.4, 0.5) is 0 Å². The molecule has 0 spiro atoms. The Labute approximate surface area is 216 Å². The van der Waals surface area contributed by atoms with Gasteiger partial charge in [-0.25, -0.2) is 4.79 Å². The number of rotatable bonds is 10. The van der Waals surface area contributed by atoms with Gasteiger partial charge in [0, 0.05) is 22.4 Å². The highest BCUT2D eigenvalue weighted by Gasteiger charge is 2.59. The predicted octanol–water partition coefficient (Wildman–Crippen LogP) is 1.47. The number of carboxylic acid groups (broad SMARTS) is 1. The number of fused-ring (bicyclic) bond motifs is 2. The summed E-state index contributed by atoms with van der Waals surface area (Å²) in [5.74, 6) is -1.76. The number of benzene rings is 2. The lowest BCUT2D eigenvalue weighted by atomic mass is 9.78. The number of aliphatic hydroxyl groups is 1. The van der Waals surface area contributed by atoms with E-state index in [2.05, 4.69) is 25.5 Å². The van der Waals surface area contributed by atoms with Crippen LogP contribution < -0.4 is 15.8 Å². The van der Waals surface area contributed by atoms with E-state index >= 15 is 0 Å². The molecule has 0 unspecified atom stereocenters. The Morgan fingerprint density at radius 2 is 1.92 bits per heavy atom. The van der Waals surface area contributed by atoms with Crippen molar-refractivity contribution in [2.75, 3.05) is 33.8 Å². The van der Waals surface area contributed by atoms with Gasteiger partial charge in [0.05, 0.1) is 45.2 Å². The highest BCUT2D eigenvalue weighted by molar-refractivity contribution is 6.00. The van der Waals surface area contributed by atoms with E-state index in [0.29, 0.717) is 22.4 Å². The van der Waals surface area contributed by atoms with Gasteiger partial charge >= 0.3 is 5.97 Å². The van der Waals surface area contributed by atoms with Crippen molar-refractivity contribution in [2.45, 2.75) is 32.5 Å². The lowest BCUT2D eigenvalue weighted by Gasteiger charge is -2.46. The van der Waals surface area contributed by atoms with Gasteiger partial charge in [-0.05, 0) is 18.4 Å². The van der Waals surface area contributed by atoms with Gasteiger partial charge in [-0.2, -0.15) is 0 Å². The lowest BCUT2D eigenvalue weighted by Crippen LogP contribution is -2.63. The Morgan fingerprint density at radius 3 is 2.57 bits per heavy atom. The second kappa shape index (κ2) is 10.0. The molecule has 0 radical (unpaired) electrons. The molecule has 2 aromatic carbocycles. The topological polar surface area (TPSA) is 149 Å². The van der Waals surface area contributed by atoms with E-state index < -0.39 is 18.0 Å². The van der Waals surface area contributed by atoms with Crippen molar-refractivity contribution >= 4 is 28.6 Å². The summed E-state index contributed by atoms with van der Waals surface area (Å²) in [6.45, 7) is 5.62. The molecule has 4 rings (SSSR count). The Bertz CT molecular complexity index is 1270. The van der Waals surface area contributed by atoms with Crippen LogP contribution in [0.5, 0.6) is 5.75 Å². The van der Waals surface area contributed by atoms with Gasteiger partial charge in [0.1, 0.15) is 24.6 Å². The van der Waals surface area contributed by atoms with Crippen LogP contribution in [0, 0.1) is 17.2 Å². The normalized spacial score (nSPS) is 22.0. The monoisotopic (exact) mass is 510 g/mol. The molecule has 0 saturated carbocycles. The summed E-state index contributed by atoms with van der Waals surface area (Å²) in [7, 11) is 4.24. The first-order chi connectivity index (χ1) is 17.4. The number of ether oxygens (including phenoxy) is 1. The third-order valence-electron chi connectivity index (χ3n) is 7.50. The van der Waals surface area contributed by atoms with E-state index in [-0.39, 0.29) is 36.1 Å². The molecule has 1 saturated heterocycles. The van der Waals surface area contributed by atoms with E-state index in [0.717, 1.165) is 29.4 Å². The maximum absolute atomic E-state index is 12.6. The number of carboxylic acids is 1. The fourth-order valence-electron chi connectivity index (χ4n) is 5.63. The van der Waals surface area contributed by atoms with E-state index in [1.165, 1.54) is 4.90 Å². The van der Waals surface area contributed by atoms with Crippen LogP contribution in [0.2, 0.25) is 0 Å². The van der Waals surface area contributed by atoms with Crippen molar-refractivity contribution in [3.63, 3.8) is 0 Å². The number of nitrogens with zero attached hydrogens (tertiary/aromatic N) is 2. The second-order valence-electron chi connectivity index (χ2n) is 10.6. The Morgan fingerprint density at radius 1 is 1.24 bits per heavy atom. The van der Waals surface area contributed by atoms with Gasteiger partial charge in [0.15, 0.2) is 5.96 Å². The first-order valence-electron chi connectivity index (χ1n) is 12.4. The minimum Gasteiger partial charge on any atom is -0.488 e. The molecule has 0 aromatic heterocycles. The van der Waals surface area contributed by atoms with Gasteiger partial charge in [0.25, 0.3) is 0 Å². The third-order valence-corrected chi connectivity index (χ3v) is 7.50. The average molecular weight is 511 g/mol. The van der Waals surface area contributed by atoms with E-state index in [9.17, 15) is 19.8 Å². The number of aliphatic hydroxyl groups excluding tert-OH is 1. The average Bonchev–Trinajstić information content (AvgIpc) is 3.05. The number of hydrogen-bond acceptors (Lipinski definition) is 5. The molecule has 2 aliphatic rings. The van der Waals surface area contributed by atoms with Crippen molar-refractivity contribution in [3.05, 3.63) is 53.2 Å². The van der Waals surface area contributed by atoms with Crippen molar-refractivity contribution < 1.29 is 29.0 Å². The van der Waals surface area contributed by atoms with Gasteiger partial charge in [-0.15, -0.1) is 0 Å². The minimum atomic E-state index is -1.16. The van der Waals surface area contributed by atoms with Gasteiger partial charge in [-0.1, -0.05) is 37.3 Å². The van der Waals surface area contributed by atoms with Gasteiger partial charge in [0.2, 0.25) is 5.91 Å².